The maximum atomic E-state index is 12.4. The zero-order valence-electron chi connectivity index (χ0n) is 15.4. The van der Waals surface area contributed by atoms with E-state index < -0.39 is 11.2 Å². The fourth-order valence-electron chi connectivity index (χ4n) is 3.26. The van der Waals surface area contributed by atoms with Gasteiger partial charge in [0.2, 0.25) is 5.91 Å². The molecule has 0 saturated carbocycles. The van der Waals surface area contributed by atoms with Gasteiger partial charge in [-0.15, -0.1) is 11.8 Å². The Morgan fingerprint density at radius 1 is 1.30 bits per heavy atom. The molecule has 1 atom stereocenters. The zero-order valence-corrected chi connectivity index (χ0v) is 16.2. The summed E-state index contributed by atoms with van der Waals surface area (Å²) in [4.78, 5) is 39.4. The maximum absolute atomic E-state index is 12.4. The zero-order chi connectivity index (χ0) is 19.2. The molecule has 6 nitrogen and oxygen atoms in total. The van der Waals surface area contributed by atoms with Crippen molar-refractivity contribution >= 4 is 35.2 Å². The normalized spacial score (nSPS) is 18.8. The second-order valence-electron chi connectivity index (χ2n) is 6.54. The summed E-state index contributed by atoms with van der Waals surface area (Å²) in [5.41, 5.74) is 1.77. The number of anilines is 1. The molecule has 1 heterocycles. The number of thioether (sulfide) groups is 1. The monoisotopic (exact) mass is 388 g/mol. The van der Waals surface area contributed by atoms with Crippen molar-refractivity contribution in [2.45, 2.75) is 49.2 Å². The van der Waals surface area contributed by atoms with Gasteiger partial charge in [0.15, 0.2) is 6.61 Å². The van der Waals surface area contributed by atoms with Gasteiger partial charge in [-0.3, -0.25) is 14.4 Å². The lowest BCUT2D eigenvalue weighted by atomic mass is 10.0. The number of carbonyl (C=O) groups is 3. The van der Waals surface area contributed by atoms with E-state index in [9.17, 15) is 14.4 Å². The minimum absolute atomic E-state index is 0.0626. The standard InChI is InChI=1S/C20H24N2O4S/c1-2-22(14-8-4-3-5-9-14)18(23)13-26-19(24)12-17-20(25)21-15-10-6-7-11-16(15)27-17/h6-8,10-11,17H,2-5,9,12-13H2,1H3,(H,21,25)/t17-/m0/s1. The molecule has 0 saturated heterocycles. The number of para-hydroxylation sites is 1. The average Bonchev–Trinajstić information content (AvgIpc) is 2.68. The number of rotatable bonds is 6. The minimum Gasteiger partial charge on any atom is -0.456 e. The molecule has 1 N–H and O–H groups in total. The van der Waals surface area contributed by atoms with E-state index >= 15 is 0 Å². The molecule has 3 rings (SSSR count). The highest BCUT2D eigenvalue weighted by atomic mass is 32.2. The number of ether oxygens (including phenoxy) is 1. The van der Waals surface area contributed by atoms with Gasteiger partial charge in [0.05, 0.1) is 17.4 Å². The number of hydrogen-bond acceptors (Lipinski definition) is 5. The predicted octanol–water partition coefficient (Wildman–Crippen LogP) is 3.34. The topological polar surface area (TPSA) is 75.7 Å². The van der Waals surface area contributed by atoms with Gasteiger partial charge < -0.3 is 15.0 Å². The molecule has 1 aromatic rings. The van der Waals surface area contributed by atoms with Crippen LogP contribution in [0.5, 0.6) is 0 Å². The third kappa shape index (κ3) is 4.91. The first kappa shape index (κ1) is 19.5. The number of hydrogen-bond donors (Lipinski definition) is 1. The van der Waals surface area contributed by atoms with Gasteiger partial charge in [-0.05, 0) is 44.7 Å². The summed E-state index contributed by atoms with van der Waals surface area (Å²) < 4.78 is 5.17. The molecular formula is C20H24N2O4S. The van der Waals surface area contributed by atoms with Crippen LogP contribution in [0.1, 0.15) is 39.0 Å². The molecular weight excluding hydrogens is 364 g/mol. The van der Waals surface area contributed by atoms with E-state index in [0.29, 0.717) is 6.54 Å². The van der Waals surface area contributed by atoms with Crippen molar-refractivity contribution in [3.8, 4) is 0 Å². The van der Waals surface area contributed by atoms with E-state index in [0.717, 1.165) is 42.0 Å². The summed E-state index contributed by atoms with van der Waals surface area (Å²) >= 11 is 1.34. The largest absolute Gasteiger partial charge is 0.456 e. The van der Waals surface area contributed by atoms with Crippen molar-refractivity contribution in [3.63, 3.8) is 0 Å². The Balaban J connectivity index is 1.51. The lowest BCUT2D eigenvalue weighted by Gasteiger charge is -2.26. The molecule has 144 valence electrons. The van der Waals surface area contributed by atoms with Crippen LogP contribution in [0, 0.1) is 0 Å². The molecule has 2 amide bonds. The number of nitrogens with one attached hydrogen (secondary N) is 1. The number of esters is 1. The number of allylic oxidation sites excluding steroid dienone is 2. The van der Waals surface area contributed by atoms with E-state index in [-0.39, 0.29) is 24.8 Å². The smallest absolute Gasteiger partial charge is 0.307 e. The van der Waals surface area contributed by atoms with Crippen molar-refractivity contribution in [1.29, 1.82) is 0 Å². The fraction of sp³-hybridized carbons (Fsp3) is 0.450. The quantitative estimate of drug-likeness (QED) is 0.757. The van der Waals surface area contributed by atoms with Gasteiger partial charge in [-0.2, -0.15) is 0 Å². The highest BCUT2D eigenvalue weighted by molar-refractivity contribution is 8.01. The Labute approximate surface area is 163 Å². The first-order valence-electron chi connectivity index (χ1n) is 9.30. The number of amides is 2. The van der Waals surface area contributed by atoms with Crippen molar-refractivity contribution < 1.29 is 19.1 Å². The average molecular weight is 388 g/mol. The number of likely N-dealkylation sites (N-methyl/N-ethyl adjacent to an activating group) is 1. The lowest BCUT2D eigenvalue weighted by molar-refractivity contribution is -0.151. The van der Waals surface area contributed by atoms with Gasteiger partial charge >= 0.3 is 5.97 Å². The van der Waals surface area contributed by atoms with Crippen LogP contribution < -0.4 is 5.32 Å². The van der Waals surface area contributed by atoms with Crippen molar-refractivity contribution in [2.75, 3.05) is 18.5 Å². The van der Waals surface area contributed by atoms with Crippen molar-refractivity contribution in [3.05, 3.63) is 36.0 Å². The second kappa shape index (κ2) is 9.08. The van der Waals surface area contributed by atoms with E-state index in [1.165, 1.54) is 11.8 Å². The number of fused-ring (bicyclic) bond motifs is 1. The Bertz CT molecular complexity index is 762. The molecule has 0 spiro atoms. The van der Waals surface area contributed by atoms with Crippen LogP contribution in [0.2, 0.25) is 0 Å². The Morgan fingerprint density at radius 2 is 2.11 bits per heavy atom. The van der Waals surface area contributed by atoms with E-state index in [1.807, 2.05) is 31.2 Å². The highest BCUT2D eigenvalue weighted by Crippen LogP contribution is 2.36. The lowest BCUT2D eigenvalue weighted by Crippen LogP contribution is -2.35. The molecule has 2 aliphatic rings. The second-order valence-corrected chi connectivity index (χ2v) is 7.78. The van der Waals surface area contributed by atoms with E-state index in [1.54, 1.807) is 4.90 Å². The van der Waals surface area contributed by atoms with Gasteiger partial charge in [0.25, 0.3) is 5.91 Å². The van der Waals surface area contributed by atoms with Crippen LogP contribution in [0.3, 0.4) is 0 Å². The summed E-state index contributed by atoms with van der Waals surface area (Å²) in [6.45, 7) is 2.18. The van der Waals surface area contributed by atoms with E-state index in [4.69, 9.17) is 4.74 Å². The molecule has 0 aromatic heterocycles. The highest BCUT2D eigenvalue weighted by Gasteiger charge is 2.30. The fourth-order valence-corrected chi connectivity index (χ4v) is 4.36. The van der Waals surface area contributed by atoms with Gasteiger partial charge in [0.1, 0.15) is 0 Å². The molecule has 27 heavy (non-hydrogen) atoms. The molecule has 0 fully saturated rings. The van der Waals surface area contributed by atoms with Gasteiger partial charge in [-0.25, -0.2) is 0 Å². The summed E-state index contributed by atoms with van der Waals surface area (Å²) in [5, 5.41) is 2.25. The molecule has 1 aliphatic heterocycles. The predicted molar refractivity (Wildman–Crippen MR) is 104 cm³/mol. The SMILES string of the molecule is CCN(C(=O)COC(=O)C[C@@H]1Sc2ccccc2NC1=O)C1=CCCCC1. The third-order valence-electron chi connectivity index (χ3n) is 4.65. The number of carbonyl (C=O) groups excluding carboxylic acids is 3. The maximum Gasteiger partial charge on any atom is 0.307 e. The summed E-state index contributed by atoms with van der Waals surface area (Å²) in [6, 6.07) is 7.46. The Hall–Kier alpha value is -2.28. The molecule has 0 radical (unpaired) electrons. The third-order valence-corrected chi connectivity index (χ3v) is 5.92. The van der Waals surface area contributed by atoms with Gasteiger partial charge in [0, 0.05) is 17.1 Å². The minimum atomic E-state index is -0.550. The van der Waals surface area contributed by atoms with Crippen molar-refractivity contribution in [2.24, 2.45) is 0 Å². The van der Waals surface area contributed by atoms with Crippen LogP contribution >= 0.6 is 11.8 Å². The van der Waals surface area contributed by atoms with Crippen LogP contribution in [-0.4, -0.2) is 41.1 Å². The van der Waals surface area contributed by atoms with Crippen LogP contribution in [0.25, 0.3) is 0 Å². The molecule has 0 unspecified atom stereocenters. The van der Waals surface area contributed by atoms with Crippen LogP contribution in [0.4, 0.5) is 5.69 Å². The molecule has 1 aliphatic carbocycles. The molecule has 7 heteroatoms. The summed E-state index contributed by atoms with van der Waals surface area (Å²) in [5.74, 6) is -0.973. The van der Waals surface area contributed by atoms with Crippen LogP contribution in [0.15, 0.2) is 40.9 Å². The Kier molecular flexibility index (Phi) is 6.55. The summed E-state index contributed by atoms with van der Waals surface area (Å²) in [7, 11) is 0. The molecule has 1 aromatic carbocycles. The molecule has 0 bridgehead atoms. The van der Waals surface area contributed by atoms with E-state index in [2.05, 4.69) is 11.4 Å². The first-order valence-corrected chi connectivity index (χ1v) is 10.2. The number of benzene rings is 1. The first-order chi connectivity index (χ1) is 13.1. The van der Waals surface area contributed by atoms with Crippen molar-refractivity contribution in [1.82, 2.24) is 4.90 Å². The summed E-state index contributed by atoms with van der Waals surface area (Å²) in [6.07, 6.45) is 6.11. The number of nitrogens with zero attached hydrogens (tertiary/aromatic N) is 1. The Morgan fingerprint density at radius 3 is 2.85 bits per heavy atom. The van der Waals surface area contributed by atoms with Crippen LogP contribution in [-0.2, 0) is 19.1 Å². The van der Waals surface area contributed by atoms with Gasteiger partial charge in [-0.1, -0.05) is 18.2 Å².